The van der Waals surface area contributed by atoms with Crippen molar-refractivity contribution in [1.29, 1.82) is 0 Å². The molecule has 0 fully saturated rings. The molecule has 0 spiro atoms. The third kappa shape index (κ3) is 33.3. The molecule has 49 heavy (non-hydrogen) atoms. The van der Waals surface area contributed by atoms with E-state index in [4.69, 9.17) is 15.3 Å². The molecule has 0 saturated heterocycles. The summed E-state index contributed by atoms with van der Waals surface area (Å²) in [5, 5.41) is 7.77. The van der Waals surface area contributed by atoms with Gasteiger partial charge >= 0.3 is 0 Å². The first-order chi connectivity index (χ1) is 19.9. The van der Waals surface area contributed by atoms with Gasteiger partial charge < -0.3 is 37.3 Å². The van der Waals surface area contributed by atoms with E-state index in [-0.39, 0.29) is 77.6 Å². The Kier molecular flexibility index (Phi) is 35.5. The van der Waals surface area contributed by atoms with Gasteiger partial charge in [-0.25, -0.2) is 43.9 Å². The van der Waals surface area contributed by atoms with Crippen LogP contribution in [0.1, 0.15) is 20.3 Å². The number of aliphatic hydroxyl groups excluding tert-OH is 3. The minimum atomic E-state index is -3.83. The molecule has 0 saturated carbocycles. The zero-order valence-corrected chi connectivity index (χ0v) is 62.0. The van der Waals surface area contributed by atoms with E-state index in [0.29, 0.717) is 0 Å². The van der Waals surface area contributed by atoms with Crippen LogP contribution in [0, 0.1) is 33.4 Å². The summed E-state index contributed by atoms with van der Waals surface area (Å²) < 4.78 is 180. The van der Waals surface area contributed by atoms with Gasteiger partial charge in [0.1, 0.15) is 0 Å². The van der Waals surface area contributed by atoms with E-state index in [1.807, 2.05) is 0 Å². The molecule has 28 heteroatoms. The number of halogens is 15. The van der Waals surface area contributed by atoms with Crippen LogP contribution < -0.4 is 0 Å². The second-order valence-corrected chi connectivity index (χ2v) is 14.3. The van der Waals surface area contributed by atoms with Crippen LogP contribution in [0.3, 0.4) is 0 Å². The zero-order chi connectivity index (χ0) is 35.5. The summed E-state index contributed by atoms with van der Waals surface area (Å²) in [7, 11) is 0. The molecule has 3 atom stereocenters. The maximum absolute atomic E-state index is 12.8. The van der Waals surface area contributed by atoms with Crippen LogP contribution in [0.4, 0.5) is 65.9 Å². The number of hydrogen-bond acceptors (Lipinski definition) is 8. The van der Waals surface area contributed by atoms with Crippen LogP contribution >= 0.6 is 58.8 Å². The van der Waals surface area contributed by atoms with Crippen molar-refractivity contribution in [2.75, 3.05) is 29.6 Å². The third-order valence-electron chi connectivity index (χ3n) is 4.06. The molecular weight excluding hydrogens is 2080 g/mol. The average molecular weight is 2110 g/mol. The summed E-state index contributed by atoms with van der Waals surface area (Å²) in [5.74, 6) is -2.11. The molecule has 0 rings (SSSR count). The first kappa shape index (κ1) is 63.3. The van der Waals surface area contributed by atoms with Gasteiger partial charge in [-0.1, -0.05) is 40.3 Å². The van der Waals surface area contributed by atoms with Crippen molar-refractivity contribution in [3.8, 4) is 0 Å². The van der Waals surface area contributed by atoms with Crippen LogP contribution in [0.25, 0.3) is 0 Å². The van der Waals surface area contributed by atoms with Crippen LogP contribution in [0.2, 0.25) is 0 Å². The Hall–Kier alpha value is -4.42. The Morgan fingerprint density at radius 2 is 0.816 bits per heavy atom. The smallest absolute Gasteiger partial charge is 0.204 e. The van der Waals surface area contributed by atoms with Crippen LogP contribution in [0.15, 0.2) is 0 Å². The molecule has 0 aliphatic carbocycles. The predicted octanol–water partition coefficient (Wildman–Crippen LogP) is 9.13. The molecule has 0 aromatic carbocycles. The third-order valence-corrected chi connectivity index (χ3v) is 9.61. The van der Waals surface area contributed by atoms with Gasteiger partial charge in [0.25, 0.3) is 0 Å². The van der Waals surface area contributed by atoms with Crippen molar-refractivity contribution >= 4 is 58.8 Å². The van der Waals surface area contributed by atoms with Crippen molar-refractivity contribution < 1.29 is 81.2 Å². The Morgan fingerprint density at radius 3 is 1.08 bits per heavy atom. The van der Waals surface area contributed by atoms with Crippen LogP contribution in [-0.2, 0) is 0 Å². The summed E-state index contributed by atoms with van der Waals surface area (Å²) in [6, 6.07) is 0. The Bertz CT molecular complexity index is 732. The largest absolute Gasteiger partial charge is 0.453 e. The fourth-order valence-electron chi connectivity index (χ4n) is 1.73. The van der Waals surface area contributed by atoms with Crippen molar-refractivity contribution in [2.45, 2.75) is 63.5 Å². The van der Waals surface area contributed by atoms with E-state index >= 15 is 0 Å². The van der Waals surface area contributed by atoms with Gasteiger partial charge in [-0.3, -0.25) is 0 Å². The van der Waals surface area contributed by atoms with Gasteiger partial charge in [0.15, 0.2) is 0 Å². The number of rotatable bonds is 21. The van der Waals surface area contributed by atoms with Crippen LogP contribution in [0.5, 0.6) is 0 Å². The zero-order valence-electron chi connectivity index (χ0n) is 25.9. The van der Waals surface area contributed by atoms with Crippen molar-refractivity contribution in [2.24, 2.45) is 0 Å². The summed E-state index contributed by atoms with van der Waals surface area (Å²) in [6.45, 7) is -1.60. The maximum atomic E-state index is 12.8. The molecule has 0 aliphatic heterocycles. The van der Waals surface area contributed by atoms with Gasteiger partial charge in [-0.15, -0.1) is 58.8 Å². The molecule has 3 N–H and O–H groups in total. The molecule has 3 unspecified atom stereocenters. The van der Waals surface area contributed by atoms with E-state index in [9.17, 15) is 65.9 Å². The molecule has 0 aromatic heterocycles. The standard InChI is InChI=1S/C9H12F6S2.C8H10F6O2S2.C4H6F3OS.5Rf/c1-3-7(2,17-9(14,15)5-11)6-16-8(12,13)4-10;9-3-7(11,12)17-1-5(15)6(16)2-18-8(13,14)4-10;5-3-4(6,7)9-2-1-8;;;;;/h4-5H,3,6H2,1-2H3;3-6,15-16H,1-2H2;3,8H,1-2H2;;;;;/q2*-2;-1;;;;;. The van der Waals surface area contributed by atoms with Crippen molar-refractivity contribution in [3.63, 3.8) is 0 Å². The number of hydrogen-bond donors (Lipinski definition) is 3. The van der Waals surface area contributed by atoms with Gasteiger partial charge in [0, 0.05) is 27.8 Å². The summed E-state index contributed by atoms with van der Waals surface area (Å²) >= 11 is -0.679. The Balaban J connectivity index is -0.0000000853. The fourth-order valence-corrected chi connectivity index (χ4v) is 5.53. The maximum Gasteiger partial charge on any atom is 0.204 e. The van der Waals surface area contributed by atoms with Crippen molar-refractivity contribution in [1.82, 2.24) is 0 Å². The molecule has 0 aromatic rings. The molecule has 0 amide bonds. The number of alkyl halides is 10. The van der Waals surface area contributed by atoms with Gasteiger partial charge in [0.05, 0.1) is 18.8 Å². The van der Waals surface area contributed by atoms with Crippen molar-refractivity contribution in [3.05, 3.63) is 33.4 Å². The number of thioether (sulfide) groups is 5. The minimum Gasteiger partial charge on any atom is -0.453 e. The summed E-state index contributed by atoms with van der Waals surface area (Å²) in [6.07, 6.45) is -3.40. The molecule has 280 valence electrons. The van der Waals surface area contributed by atoms with Gasteiger partial charge in [-0.05, 0) is 13.3 Å². The second kappa shape index (κ2) is 27.5. The quantitative estimate of drug-likeness (QED) is 0.0779. The van der Waals surface area contributed by atoms with E-state index in [1.165, 1.54) is 13.8 Å². The second-order valence-electron chi connectivity index (χ2n) is 7.88. The molecule has 0 heterocycles. The molecule has 0 bridgehead atoms. The van der Waals surface area contributed by atoms with E-state index < -0.39 is 93.9 Å². The van der Waals surface area contributed by atoms with E-state index in [1.54, 1.807) is 0 Å². The van der Waals surface area contributed by atoms with E-state index in [0.717, 1.165) is 0 Å². The first-order valence-electron chi connectivity index (χ1n) is 11.2. The molecule has 3 nitrogen and oxygen atoms in total. The van der Waals surface area contributed by atoms with Gasteiger partial charge in [-0.2, -0.15) is 0 Å². The molecule has 0 aliphatic rings. The molecule has 0 radical (unpaired) electrons. The van der Waals surface area contributed by atoms with Crippen LogP contribution in [-0.4, -0.2) is 88.2 Å². The minimum absolute atomic E-state index is 0. The SMILES string of the molecule is CCC(C)(CSC(F)(F)[CH-]F)SC(F)(F)[CH-]F.OC(CSC(F)(F)[CH-]F)C(O)CSC(F)(F)[CH-]F.OCCSC(F)(F)[CH-]F.[Rf].[Rf].[Rf].[Rf].[Rf]. The number of aliphatic hydroxyl groups is 3. The van der Waals surface area contributed by atoms with Gasteiger partial charge in [0.2, 0.25) is 26.3 Å². The first-order valence-corrected chi connectivity index (χ1v) is 16.0. The predicted molar refractivity (Wildman–Crippen MR) is 147 cm³/mol. The monoisotopic (exact) mass is 2110 g/mol. The normalized spacial score (nSPS) is 14.2. The summed E-state index contributed by atoms with van der Waals surface area (Å²) in [4.78, 5) is 0. The van der Waals surface area contributed by atoms with E-state index in [2.05, 4.69) is 0 Å². The Labute approximate surface area is 266 Å². The fraction of sp³-hybridized carbons (Fsp3) is 0.762. The summed E-state index contributed by atoms with van der Waals surface area (Å²) in [5.41, 5.74) is 0. The average Bonchev–Trinajstić information content (AvgIpc) is 2.97. The topological polar surface area (TPSA) is 60.7 Å². The molecular formula is C21H28F15O3Rf5S5-5. The Morgan fingerprint density at radius 1 is 0.531 bits per heavy atom.